The van der Waals surface area contributed by atoms with E-state index in [4.69, 9.17) is 4.98 Å². The van der Waals surface area contributed by atoms with Crippen molar-refractivity contribution in [3.63, 3.8) is 0 Å². The van der Waals surface area contributed by atoms with Gasteiger partial charge in [-0.05, 0) is 45.6 Å². The maximum absolute atomic E-state index is 12.7. The minimum Gasteiger partial charge on any atom is -0.324 e. The molecule has 9 heteroatoms. The summed E-state index contributed by atoms with van der Waals surface area (Å²) in [6.07, 6.45) is 4.46. The molecule has 154 valence electrons. The molecule has 5 rings (SSSR count). The summed E-state index contributed by atoms with van der Waals surface area (Å²) < 4.78 is 2.13. The predicted octanol–water partition coefficient (Wildman–Crippen LogP) is 4.45. The molecule has 7 nitrogen and oxygen atoms in total. The molecule has 0 radical (unpaired) electrons. The second-order valence-electron chi connectivity index (χ2n) is 7.37. The van der Waals surface area contributed by atoms with Crippen LogP contribution in [-0.4, -0.2) is 35.9 Å². The molecule has 1 N–H and O–H groups in total. The summed E-state index contributed by atoms with van der Waals surface area (Å²) in [5.74, 6) is -0.0918. The fourth-order valence-corrected chi connectivity index (χ4v) is 5.65. The van der Waals surface area contributed by atoms with E-state index in [-0.39, 0.29) is 11.2 Å². The Kier molecular flexibility index (Phi) is 5.16. The van der Waals surface area contributed by atoms with E-state index in [9.17, 15) is 4.79 Å². The third kappa shape index (κ3) is 3.45. The fourth-order valence-electron chi connectivity index (χ4n) is 3.88. The Balaban J connectivity index is 1.36. The molecule has 0 saturated heterocycles. The van der Waals surface area contributed by atoms with Crippen LogP contribution in [0.4, 0.5) is 5.13 Å². The van der Waals surface area contributed by atoms with Crippen molar-refractivity contribution in [1.82, 2.24) is 24.7 Å². The van der Waals surface area contributed by atoms with Gasteiger partial charge in [-0.1, -0.05) is 30.0 Å². The molecule has 0 unspecified atom stereocenters. The van der Waals surface area contributed by atoms with Crippen LogP contribution in [0.15, 0.2) is 29.4 Å². The molecule has 4 aromatic rings. The molecule has 30 heavy (non-hydrogen) atoms. The Hall–Kier alpha value is -2.52. The van der Waals surface area contributed by atoms with Crippen LogP contribution in [0.1, 0.15) is 37.3 Å². The third-order valence-corrected chi connectivity index (χ3v) is 7.42. The first-order valence-corrected chi connectivity index (χ1v) is 11.9. The minimum absolute atomic E-state index is 0.0918. The lowest BCUT2D eigenvalue weighted by atomic mass is 10.0. The van der Waals surface area contributed by atoms with Gasteiger partial charge in [0, 0.05) is 16.8 Å². The van der Waals surface area contributed by atoms with E-state index in [0.717, 1.165) is 47.1 Å². The Morgan fingerprint density at radius 3 is 2.90 bits per heavy atom. The molecule has 0 aliphatic heterocycles. The molecule has 0 bridgehead atoms. The number of anilines is 1. The normalized spacial score (nSPS) is 14.7. The van der Waals surface area contributed by atoms with Crippen molar-refractivity contribution in [3.8, 4) is 0 Å². The SMILES string of the molecule is CCn1c2ccccc2c2nnc(S[C@@H](C)C(=O)Nc3nc4c(s3)CCCC4)nc21. The second kappa shape index (κ2) is 7.96. The van der Waals surface area contributed by atoms with Crippen LogP contribution in [0.3, 0.4) is 0 Å². The summed E-state index contributed by atoms with van der Waals surface area (Å²) in [6, 6.07) is 8.11. The quantitative estimate of drug-likeness (QED) is 0.463. The van der Waals surface area contributed by atoms with Crippen molar-refractivity contribution in [2.24, 2.45) is 0 Å². The number of para-hydroxylation sites is 1. The van der Waals surface area contributed by atoms with Crippen molar-refractivity contribution < 1.29 is 4.79 Å². The van der Waals surface area contributed by atoms with Gasteiger partial charge in [0.05, 0.1) is 16.5 Å². The zero-order valence-corrected chi connectivity index (χ0v) is 18.5. The number of carbonyl (C=O) groups excluding carboxylic acids is 1. The van der Waals surface area contributed by atoms with Gasteiger partial charge in [0.1, 0.15) is 5.52 Å². The zero-order valence-electron chi connectivity index (χ0n) is 16.9. The lowest BCUT2D eigenvalue weighted by Gasteiger charge is -2.09. The molecule has 0 spiro atoms. The van der Waals surface area contributed by atoms with Crippen LogP contribution in [0, 0.1) is 0 Å². The topological polar surface area (TPSA) is 85.6 Å². The number of amides is 1. The summed E-state index contributed by atoms with van der Waals surface area (Å²) in [7, 11) is 0. The summed E-state index contributed by atoms with van der Waals surface area (Å²) in [6.45, 7) is 4.73. The summed E-state index contributed by atoms with van der Waals surface area (Å²) >= 11 is 2.91. The smallest absolute Gasteiger partial charge is 0.239 e. The van der Waals surface area contributed by atoms with Gasteiger partial charge in [0.15, 0.2) is 10.8 Å². The highest BCUT2D eigenvalue weighted by Crippen LogP contribution is 2.31. The minimum atomic E-state index is -0.357. The van der Waals surface area contributed by atoms with Gasteiger partial charge in [-0.25, -0.2) is 9.97 Å². The number of thiazole rings is 1. The molecule has 3 heterocycles. The van der Waals surface area contributed by atoms with Crippen LogP contribution in [0.5, 0.6) is 0 Å². The molecule has 0 fully saturated rings. The van der Waals surface area contributed by atoms with Gasteiger partial charge < -0.3 is 9.88 Å². The number of hydrogen-bond donors (Lipinski definition) is 1. The average molecular weight is 439 g/mol. The molecule has 3 aromatic heterocycles. The van der Waals surface area contributed by atoms with Crippen LogP contribution < -0.4 is 5.32 Å². The number of aryl methyl sites for hydroxylation is 3. The average Bonchev–Trinajstić information content (AvgIpc) is 3.31. The molecule has 1 aromatic carbocycles. The summed E-state index contributed by atoms with van der Waals surface area (Å²) in [5.41, 5.74) is 3.84. The number of fused-ring (bicyclic) bond motifs is 4. The van der Waals surface area contributed by atoms with Crippen LogP contribution >= 0.6 is 23.1 Å². The van der Waals surface area contributed by atoms with E-state index in [1.54, 1.807) is 11.3 Å². The molecule has 1 amide bonds. The number of nitrogens with zero attached hydrogens (tertiary/aromatic N) is 5. The van der Waals surface area contributed by atoms with Crippen LogP contribution in [-0.2, 0) is 24.2 Å². The van der Waals surface area contributed by atoms with Crippen LogP contribution in [0.2, 0.25) is 0 Å². The fraction of sp³-hybridized carbons (Fsp3) is 0.381. The largest absolute Gasteiger partial charge is 0.324 e. The number of rotatable bonds is 5. The van der Waals surface area contributed by atoms with Gasteiger partial charge in [0.2, 0.25) is 11.1 Å². The zero-order chi connectivity index (χ0) is 20.7. The number of nitrogens with one attached hydrogen (secondary N) is 1. The number of benzene rings is 1. The second-order valence-corrected chi connectivity index (χ2v) is 9.76. The Bertz CT molecular complexity index is 1220. The highest BCUT2D eigenvalue weighted by molar-refractivity contribution is 8.00. The van der Waals surface area contributed by atoms with Gasteiger partial charge in [-0.15, -0.1) is 21.5 Å². The Labute approximate surface area is 182 Å². The first-order chi connectivity index (χ1) is 14.6. The van der Waals surface area contributed by atoms with Crippen molar-refractivity contribution in [2.75, 3.05) is 5.32 Å². The lowest BCUT2D eigenvalue weighted by molar-refractivity contribution is -0.115. The Morgan fingerprint density at radius 2 is 2.07 bits per heavy atom. The lowest BCUT2D eigenvalue weighted by Crippen LogP contribution is -2.22. The number of hydrogen-bond acceptors (Lipinski definition) is 7. The molecule has 1 aliphatic carbocycles. The molecular formula is C21H22N6OS2. The van der Waals surface area contributed by atoms with E-state index in [1.165, 1.54) is 29.5 Å². The Morgan fingerprint density at radius 1 is 1.23 bits per heavy atom. The predicted molar refractivity (Wildman–Crippen MR) is 121 cm³/mol. The maximum atomic E-state index is 12.7. The maximum Gasteiger partial charge on any atom is 0.239 e. The molecule has 1 aliphatic rings. The summed E-state index contributed by atoms with van der Waals surface area (Å²) in [5, 5.41) is 13.6. The highest BCUT2D eigenvalue weighted by Gasteiger charge is 2.21. The first-order valence-electron chi connectivity index (χ1n) is 10.2. The van der Waals surface area contributed by atoms with Gasteiger partial charge in [0.25, 0.3) is 0 Å². The monoisotopic (exact) mass is 438 g/mol. The first kappa shape index (κ1) is 19.4. The van der Waals surface area contributed by atoms with E-state index < -0.39 is 0 Å². The van der Waals surface area contributed by atoms with Crippen molar-refractivity contribution in [2.45, 2.75) is 56.5 Å². The van der Waals surface area contributed by atoms with Gasteiger partial charge >= 0.3 is 0 Å². The molecule has 0 saturated carbocycles. The van der Waals surface area contributed by atoms with Gasteiger partial charge in [-0.3, -0.25) is 4.79 Å². The van der Waals surface area contributed by atoms with E-state index in [2.05, 4.69) is 38.1 Å². The van der Waals surface area contributed by atoms with Crippen molar-refractivity contribution in [1.29, 1.82) is 0 Å². The molecular weight excluding hydrogens is 416 g/mol. The standard InChI is InChI=1S/C21H22N6OS2/c1-3-27-15-10-6-4-8-13(15)17-18(27)23-21(26-25-17)29-12(2)19(28)24-20-22-14-9-5-7-11-16(14)30-20/h4,6,8,10,12H,3,5,7,9,11H2,1-2H3,(H,22,24,28)/t12-/m0/s1. The van der Waals surface area contributed by atoms with Crippen molar-refractivity contribution >= 4 is 56.2 Å². The van der Waals surface area contributed by atoms with E-state index in [0.29, 0.717) is 10.3 Å². The number of carbonyl (C=O) groups is 1. The highest BCUT2D eigenvalue weighted by atomic mass is 32.2. The number of thioether (sulfide) groups is 1. The third-order valence-electron chi connectivity index (χ3n) is 5.40. The number of aromatic nitrogens is 5. The van der Waals surface area contributed by atoms with Gasteiger partial charge in [-0.2, -0.15) is 0 Å². The van der Waals surface area contributed by atoms with Crippen molar-refractivity contribution in [3.05, 3.63) is 34.8 Å². The van der Waals surface area contributed by atoms with E-state index in [1.807, 2.05) is 25.1 Å². The van der Waals surface area contributed by atoms with E-state index >= 15 is 0 Å². The summed E-state index contributed by atoms with van der Waals surface area (Å²) in [4.78, 5) is 23.3. The van der Waals surface area contributed by atoms with Crippen LogP contribution in [0.25, 0.3) is 22.1 Å². The molecule has 1 atom stereocenters.